The highest BCUT2D eigenvalue weighted by Gasteiger charge is 2.15. The molecule has 8 heteroatoms. The molecule has 210 valence electrons. The normalized spacial score (nSPS) is 11.8. The fourth-order valence-corrected chi connectivity index (χ4v) is 5.84. The lowest BCUT2D eigenvalue weighted by atomic mass is 10.1. The molecule has 0 saturated carbocycles. The summed E-state index contributed by atoms with van der Waals surface area (Å²) < 4.78 is 18.1. The first-order valence-corrected chi connectivity index (χ1v) is 14.2. The van der Waals surface area contributed by atoms with E-state index < -0.39 is 0 Å². The molecule has 0 aliphatic rings. The number of amides is 1. The smallest absolute Gasteiger partial charge is 0.257 e. The van der Waals surface area contributed by atoms with Crippen LogP contribution >= 0.6 is 11.3 Å². The van der Waals surface area contributed by atoms with Crippen LogP contribution in [0.1, 0.15) is 35.3 Å². The van der Waals surface area contributed by atoms with E-state index in [1.807, 2.05) is 66.7 Å². The number of carbonyl (C=O) groups excluding carboxylic acids is 1. The van der Waals surface area contributed by atoms with E-state index in [1.165, 1.54) is 11.3 Å². The van der Waals surface area contributed by atoms with Crippen LogP contribution in [0.25, 0.3) is 20.2 Å². The van der Waals surface area contributed by atoms with Gasteiger partial charge < -0.3 is 24.8 Å². The zero-order valence-electron chi connectivity index (χ0n) is 23.2. The van der Waals surface area contributed by atoms with Crippen molar-refractivity contribution in [2.45, 2.75) is 19.4 Å². The zero-order chi connectivity index (χ0) is 28.8. The van der Waals surface area contributed by atoms with Gasteiger partial charge in [-0.15, -0.1) is 11.3 Å². The van der Waals surface area contributed by atoms with Gasteiger partial charge in [0, 0.05) is 27.2 Å². The summed E-state index contributed by atoms with van der Waals surface area (Å²) in [6.07, 6.45) is 0.828. The molecular formula is C33H32N2O5S. The maximum atomic E-state index is 13.2. The van der Waals surface area contributed by atoms with Crippen molar-refractivity contribution in [2.75, 3.05) is 32.7 Å². The molecule has 0 bridgehead atoms. The van der Waals surface area contributed by atoms with Gasteiger partial charge in [-0.05, 0) is 86.1 Å². The molecule has 0 radical (unpaired) electrons. The monoisotopic (exact) mass is 568 g/mol. The van der Waals surface area contributed by atoms with Crippen molar-refractivity contribution in [3.05, 3.63) is 106 Å². The Kier molecular flexibility index (Phi) is 8.82. The van der Waals surface area contributed by atoms with Crippen LogP contribution in [-0.2, 0) is 0 Å². The Balaban J connectivity index is 1.14. The molecule has 5 aromatic rings. The van der Waals surface area contributed by atoms with E-state index in [2.05, 4.69) is 17.6 Å². The van der Waals surface area contributed by atoms with Crippen LogP contribution in [0, 0.1) is 0 Å². The third-order valence-corrected chi connectivity index (χ3v) is 8.13. The number of carbonyl (C=O) groups is 1. The third kappa shape index (κ3) is 6.34. The SMILES string of the molecule is COc1ccc(C(C)NCCCOc2ccc(NC(=O)c3cccc4c(=O)c5ccccc5sc34)cc2)cc1OC. The fraction of sp³-hybridized carbons (Fsp3) is 0.212. The molecule has 0 saturated heterocycles. The van der Waals surface area contributed by atoms with Gasteiger partial charge in [0.25, 0.3) is 5.91 Å². The van der Waals surface area contributed by atoms with Crippen molar-refractivity contribution in [2.24, 2.45) is 0 Å². The average Bonchev–Trinajstić information content (AvgIpc) is 3.01. The fourth-order valence-electron chi connectivity index (χ4n) is 4.66. The Bertz CT molecular complexity index is 1730. The largest absolute Gasteiger partial charge is 0.494 e. The van der Waals surface area contributed by atoms with Crippen LogP contribution < -0.4 is 30.3 Å². The molecule has 41 heavy (non-hydrogen) atoms. The van der Waals surface area contributed by atoms with Gasteiger partial charge in [0.1, 0.15) is 5.75 Å². The zero-order valence-corrected chi connectivity index (χ0v) is 24.0. The van der Waals surface area contributed by atoms with Crippen LogP contribution in [0.15, 0.2) is 89.7 Å². The van der Waals surface area contributed by atoms with E-state index in [0.717, 1.165) is 29.0 Å². The Morgan fingerprint density at radius 3 is 2.41 bits per heavy atom. The molecular weight excluding hydrogens is 536 g/mol. The average molecular weight is 569 g/mol. The second-order valence-corrected chi connectivity index (χ2v) is 10.6. The second-order valence-electron chi connectivity index (χ2n) is 9.58. The molecule has 2 N–H and O–H groups in total. The van der Waals surface area contributed by atoms with Crippen LogP contribution in [0.4, 0.5) is 5.69 Å². The molecule has 4 aromatic carbocycles. The molecule has 7 nitrogen and oxygen atoms in total. The summed E-state index contributed by atoms with van der Waals surface area (Å²) in [5, 5.41) is 7.67. The molecule has 1 heterocycles. The van der Waals surface area contributed by atoms with Gasteiger partial charge in [-0.2, -0.15) is 0 Å². The lowest BCUT2D eigenvalue weighted by Crippen LogP contribution is -2.21. The van der Waals surface area contributed by atoms with Crippen LogP contribution in [0.3, 0.4) is 0 Å². The molecule has 0 aliphatic heterocycles. The quantitative estimate of drug-likeness (QED) is 0.135. The lowest BCUT2D eigenvalue weighted by molar-refractivity contribution is 0.102. The third-order valence-electron chi connectivity index (χ3n) is 6.91. The van der Waals surface area contributed by atoms with Crippen molar-refractivity contribution >= 4 is 43.1 Å². The van der Waals surface area contributed by atoms with Crippen molar-refractivity contribution in [1.29, 1.82) is 0 Å². The number of rotatable bonds is 11. The highest BCUT2D eigenvalue weighted by molar-refractivity contribution is 7.24. The van der Waals surface area contributed by atoms with Gasteiger partial charge in [-0.3, -0.25) is 9.59 Å². The summed E-state index contributed by atoms with van der Waals surface area (Å²) in [6.45, 7) is 3.45. The van der Waals surface area contributed by atoms with Gasteiger partial charge in [0.15, 0.2) is 16.9 Å². The number of nitrogens with one attached hydrogen (secondary N) is 2. The standard InChI is InChI=1S/C33H32N2O5S/c1-21(22-12-17-28(38-2)29(20-22)39-3)34-18-7-19-40-24-15-13-23(14-16-24)35-33(37)27-10-6-9-26-31(36)25-8-4-5-11-30(25)41-32(26)27/h4-6,8-17,20-21,34H,7,18-19H2,1-3H3,(H,35,37). The predicted molar refractivity (Wildman–Crippen MR) is 166 cm³/mol. The number of hydrogen-bond acceptors (Lipinski definition) is 7. The summed E-state index contributed by atoms with van der Waals surface area (Å²) in [5.74, 6) is 1.89. The van der Waals surface area contributed by atoms with Crippen LogP contribution in [0.2, 0.25) is 0 Å². The minimum atomic E-state index is -0.259. The molecule has 0 fully saturated rings. The van der Waals surface area contributed by atoms with E-state index in [4.69, 9.17) is 14.2 Å². The van der Waals surface area contributed by atoms with Crippen molar-refractivity contribution in [3.8, 4) is 17.2 Å². The Morgan fingerprint density at radius 2 is 1.63 bits per heavy atom. The van der Waals surface area contributed by atoms with Gasteiger partial charge in [0.2, 0.25) is 0 Å². The summed E-state index contributed by atoms with van der Waals surface area (Å²) in [7, 11) is 3.26. The lowest BCUT2D eigenvalue weighted by Gasteiger charge is -2.16. The molecule has 1 unspecified atom stereocenters. The summed E-state index contributed by atoms with van der Waals surface area (Å²) in [6, 6.07) is 26.1. The van der Waals surface area contributed by atoms with Crippen LogP contribution in [0.5, 0.6) is 17.2 Å². The molecule has 1 atom stereocenters. The van der Waals surface area contributed by atoms with E-state index >= 15 is 0 Å². The second kappa shape index (κ2) is 12.8. The number of benzene rings is 4. The number of ether oxygens (including phenoxy) is 3. The number of anilines is 1. The van der Waals surface area contributed by atoms with Crippen molar-refractivity contribution < 1.29 is 19.0 Å². The number of methoxy groups -OCH3 is 2. The molecule has 0 spiro atoms. The minimum Gasteiger partial charge on any atom is -0.494 e. The molecule has 0 aliphatic carbocycles. The van der Waals surface area contributed by atoms with Crippen molar-refractivity contribution in [3.63, 3.8) is 0 Å². The molecule has 1 aromatic heterocycles. The van der Waals surface area contributed by atoms with Gasteiger partial charge in [-0.25, -0.2) is 0 Å². The van der Waals surface area contributed by atoms with Crippen molar-refractivity contribution in [1.82, 2.24) is 5.32 Å². The van der Waals surface area contributed by atoms with E-state index in [0.29, 0.717) is 44.8 Å². The summed E-state index contributed by atoms with van der Waals surface area (Å²) in [5.41, 5.74) is 2.19. The maximum Gasteiger partial charge on any atom is 0.257 e. The predicted octanol–water partition coefficient (Wildman–Crippen LogP) is 6.80. The number of hydrogen-bond donors (Lipinski definition) is 2. The van der Waals surface area contributed by atoms with E-state index in [-0.39, 0.29) is 17.4 Å². The highest BCUT2D eigenvalue weighted by atomic mass is 32.1. The number of fused-ring (bicyclic) bond motifs is 2. The first-order chi connectivity index (χ1) is 20.0. The minimum absolute atomic E-state index is 0.0591. The van der Waals surface area contributed by atoms with E-state index in [1.54, 1.807) is 32.4 Å². The Morgan fingerprint density at radius 1 is 0.878 bits per heavy atom. The van der Waals surface area contributed by atoms with Gasteiger partial charge in [-0.1, -0.05) is 24.3 Å². The highest BCUT2D eigenvalue weighted by Crippen LogP contribution is 2.30. The van der Waals surface area contributed by atoms with E-state index in [9.17, 15) is 9.59 Å². The van der Waals surface area contributed by atoms with Crippen LogP contribution in [-0.4, -0.2) is 33.3 Å². The van der Waals surface area contributed by atoms with Gasteiger partial charge in [0.05, 0.1) is 31.1 Å². The maximum absolute atomic E-state index is 13.2. The molecule has 1 amide bonds. The molecule has 5 rings (SSSR count). The van der Waals surface area contributed by atoms with Gasteiger partial charge >= 0.3 is 0 Å². The summed E-state index contributed by atoms with van der Waals surface area (Å²) >= 11 is 1.45. The topological polar surface area (TPSA) is 85.9 Å². The first-order valence-electron chi connectivity index (χ1n) is 13.4. The first kappa shape index (κ1) is 28.1. The Hall–Kier alpha value is -4.40. The Labute approximate surface area is 242 Å². The summed E-state index contributed by atoms with van der Waals surface area (Å²) in [4.78, 5) is 26.1.